The molecule has 4 atom stereocenters. The summed E-state index contributed by atoms with van der Waals surface area (Å²) in [5.74, 6) is 2.49. The molecule has 0 saturated heterocycles. The molecular weight excluding hydrogens is 296 g/mol. The van der Waals surface area contributed by atoms with Crippen molar-refractivity contribution >= 4 is 0 Å². The first kappa shape index (κ1) is 16.3. The van der Waals surface area contributed by atoms with Gasteiger partial charge in [-0.25, -0.2) is 0 Å². The van der Waals surface area contributed by atoms with Crippen LogP contribution in [-0.2, 0) is 11.8 Å². The predicted molar refractivity (Wildman–Crippen MR) is 97.7 cm³/mol. The summed E-state index contributed by atoms with van der Waals surface area (Å²) in [6.45, 7) is 10.0. The van der Waals surface area contributed by atoms with Crippen LogP contribution in [0, 0.1) is 22.7 Å². The van der Waals surface area contributed by atoms with Crippen LogP contribution in [0.1, 0.15) is 70.9 Å². The first-order valence-electron chi connectivity index (χ1n) is 9.63. The first-order valence-corrected chi connectivity index (χ1v) is 9.63. The Morgan fingerprint density at radius 1 is 1.04 bits per heavy atom. The maximum atomic E-state index is 10.2. The molecule has 2 saturated carbocycles. The molecule has 0 heterocycles. The van der Waals surface area contributed by atoms with E-state index < -0.39 is 0 Å². The van der Waals surface area contributed by atoms with Crippen molar-refractivity contribution in [1.29, 1.82) is 0 Å². The van der Waals surface area contributed by atoms with Crippen LogP contribution in [0.25, 0.3) is 0 Å². The summed E-state index contributed by atoms with van der Waals surface area (Å²) < 4.78 is 5.60. The van der Waals surface area contributed by atoms with E-state index in [4.69, 9.17) is 4.74 Å². The zero-order valence-electron chi connectivity index (χ0n) is 15.9. The van der Waals surface area contributed by atoms with E-state index in [2.05, 4.69) is 33.8 Å². The number of phenolic OH excluding ortho intramolecular Hbond substituents is 1. The Morgan fingerprint density at radius 2 is 1.79 bits per heavy atom. The maximum Gasteiger partial charge on any atom is 0.163 e. The molecule has 24 heavy (non-hydrogen) atoms. The van der Waals surface area contributed by atoms with Gasteiger partial charge < -0.3 is 9.84 Å². The Hall–Kier alpha value is -1.18. The lowest BCUT2D eigenvalue weighted by atomic mass is 9.43. The number of fused-ring (bicyclic) bond motifs is 5. The first-order chi connectivity index (χ1) is 11.2. The summed E-state index contributed by atoms with van der Waals surface area (Å²) in [6, 6.07) is 4.01. The molecule has 0 bridgehead atoms. The molecule has 0 spiro atoms. The van der Waals surface area contributed by atoms with E-state index in [-0.39, 0.29) is 5.41 Å². The van der Waals surface area contributed by atoms with Crippen molar-refractivity contribution in [1.82, 2.24) is 0 Å². The highest BCUT2D eigenvalue weighted by Crippen LogP contribution is 2.68. The van der Waals surface area contributed by atoms with Crippen LogP contribution in [0.3, 0.4) is 0 Å². The summed E-state index contributed by atoms with van der Waals surface area (Å²) in [7, 11) is 1.69. The van der Waals surface area contributed by atoms with E-state index in [1.807, 2.05) is 6.07 Å². The van der Waals surface area contributed by atoms with Gasteiger partial charge in [0.2, 0.25) is 0 Å². The third kappa shape index (κ3) is 1.89. The fourth-order valence-corrected chi connectivity index (χ4v) is 7.22. The Kier molecular flexibility index (Phi) is 3.34. The Balaban J connectivity index is 1.84. The summed E-state index contributed by atoms with van der Waals surface area (Å²) in [5.41, 5.74) is 3.79. The Morgan fingerprint density at radius 3 is 2.50 bits per heavy atom. The molecule has 1 aromatic carbocycles. The van der Waals surface area contributed by atoms with Crippen molar-refractivity contribution < 1.29 is 9.84 Å². The second kappa shape index (κ2) is 4.93. The normalized spacial score (nSPS) is 39.7. The molecule has 0 amide bonds. The summed E-state index contributed by atoms with van der Waals surface area (Å²) in [6.07, 6.45) is 7.73. The molecule has 2 heteroatoms. The van der Waals surface area contributed by atoms with Gasteiger partial charge in [0.05, 0.1) is 7.11 Å². The van der Waals surface area contributed by atoms with Crippen LogP contribution in [0.15, 0.2) is 12.1 Å². The van der Waals surface area contributed by atoms with Gasteiger partial charge in [0, 0.05) is 5.56 Å². The standard InChI is InChI=1S/C22H32O2/c1-20(2)10-6-11-22(4)17(20)9-12-21(3)15-7-8-16(23)19(24-5)14(15)13-18(21)22/h7-8,17-18,23H,6,9-13H2,1-5H3/t17-,18-,21-,22-/m0/s1. The minimum atomic E-state index is 0.231. The number of benzene rings is 1. The fourth-order valence-electron chi connectivity index (χ4n) is 7.22. The molecule has 1 aromatic rings. The van der Waals surface area contributed by atoms with E-state index in [0.717, 1.165) is 18.1 Å². The van der Waals surface area contributed by atoms with Crippen LogP contribution in [0.5, 0.6) is 11.5 Å². The lowest BCUT2D eigenvalue weighted by Crippen LogP contribution is -2.55. The zero-order valence-corrected chi connectivity index (χ0v) is 15.9. The average Bonchev–Trinajstić information content (AvgIpc) is 2.80. The van der Waals surface area contributed by atoms with Gasteiger partial charge in [-0.1, -0.05) is 40.2 Å². The number of ether oxygens (including phenoxy) is 1. The van der Waals surface area contributed by atoms with E-state index >= 15 is 0 Å². The zero-order chi connectivity index (χ0) is 17.3. The molecule has 3 aliphatic carbocycles. The second-order valence-electron chi connectivity index (χ2n) is 9.76. The molecule has 1 N–H and O–H groups in total. The summed E-state index contributed by atoms with van der Waals surface area (Å²) in [4.78, 5) is 0. The van der Waals surface area contributed by atoms with Crippen molar-refractivity contribution in [3.05, 3.63) is 23.3 Å². The third-order valence-corrected chi connectivity index (χ3v) is 8.26. The lowest BCUT2D eigenvalue weighted by molar-refractivity contribution is -0.0982. The molecule has 0 radical (unpaired) electrons. The van der Waals surface area contributed by atoms with Crippen LogP contribution < -0.4 is 4.74 Å². The van der Waals surface area contributed by atoms with Crippen LogP contribution in [-0.4, -0.2) is 12.2 Å². The number of methoxy groups -OCH3 is 1. The molecule has 4 rings (SSSR count). The minimum Gasteiger partial charge on any atom is -0.504 e. The molecule has 132 valence electrons. The monoisotopic (exact) mass is 328 g/mol. The van der Waals surface area contributed by atoms with Gasteiger partial charge in [0.25, 0.3) is 0 Å². The fraction of sp³-hybridized carbons (Fsp3) is 0.727. The maximum absolute atomic E-state index is 10.2. The van der Waals surface area contributed by atoms with Gasteiger partial charge in [-0.05, 0) is 71.8 Å². The third-order valence-electron chi connectivity index (χ3n) is 8.26. The SMILES string of the molecule is COc1c(O)ccc2c1C[C@@H]1[C@@]3(C)CCCC(C)(C)[C@@H]3CC[C@@]21C. The predicted octanol–water partition coefficient (Wildman–Crippen LogP) is 5.46. The highest BCUT2D eigenvalue weighted by Gasteiger charge is 2.61. The minimum absolute atomic E-state index is 0.231. The molecule has 2 nitrogen and oxygen atoms in total. The molecular formula is C22H32O2. The molecule has 0 aromatic heterocycles. The van der Waals surface area contributed by atoms with Crippen molar-refractivity contribution in [3.8, 4) is 11.5 Å². The van der Waals surface area contributed by atoms with Gasteiger partial charge in [-0.3, -0.25) is 0 Å². The van der Waals surface area contributed by atoms with Crippen LogP contribution in [0.4, 0.5) is 0 Å². The van der Waals surface area contributed by atoms with Crippen molar-refractivity contribution in [2.75, 3.05) is 7.11 Å². The Bertz CT molecular complexity index is 677. The topological polar surface area (TPSA) is 29.5 Å². The number of hydrogen-bond acceptors (Lipinski definition) is 2. The molecule has 3 aliphatic rings. The van der Waals surface area contributed by atoms with Gasteiger partial charge in [0.15, 0.2) is 11.5 Å². The van der Waals surface area contributed by atoms with Crippen LogP contribution >= 0.6 is 0 Å². The number of aromatic hydroxyl groups is 1. The van der Waals surface area contributed by atoms with Gasteiger partial charge in [0.1, 0.15) is 0 Å². The second-order valence-corrected chi connectivity index (χ2v) is 9.76. The van der Waals surface area contributed by atoms with Gasteiger partial charge in [-0.15, -0.1) is 0 Å². The van der Waals surface area contributed by atoms with E-state index in [0.29, 0.717) is 22.5 Å². The quantitative estimate of drug-likeness (QED) is 0.742. The van der Waals surface area contributed by atoms with E-state index in [1.165, 1.54) is 43.2 Å². The van der Waals surface area contributed by atoms with Crippen molar-refractivity contribution in [2.24, 2.45) is 22.7 Å². The number of phenols is 1. The van der Waals surface area contributed by atoms with Gasteiger partial charge in [-0.2, -0.15) is 0 Å². The summed E-state index contributed by atoms with van der Waals surface area (Å²) >= 11 is 0. The van der Waals surface area contributed by atoms with Crippen molar-refractivity contribution in [3.63, 3.8) is 0 Å². The van der Waals surface area contributed by atoms with Crippen LogP contribution in [0.2, 0.25) is 0 Å². The highest BCUT2D eigenvalue weighted by atomic mass is 16.5. The van der Waals surface area contributed by atoms with E-state index in [9.17, 15) is 5.11 Å². The highest BCUT2D eigenvalue weighted by molar-refractivity contribution is 5.56. The number of rotatable bonds is 1. The molecule has 2 fully saturated rings. The molecule has 0 unspecified atom stereocenters. The summed E-state index contributed by atoms with van der Waals surface area (Å²) in [5, 5.41) is 10.2. The Labute approximate surface area is 146 Å². The van der Waals surface area contributed by atoms with Crippen molar-refractivity contribution in [2.45, 2.75) is 71.6 Å². The molecule has 0 aliphatic heterocycles. The average molecular weight is 328 g/mol. The van der Waals surface area contributed by atoms with Gasteiger partial charge >= 0.3 is 0 Å². The largest absolute Gasteiger partial charge is 0.504 e. The number of hydrogen-bond donors (Lipinski definition) is 1. The smallest absolute Gasteiger partial charge is 0.163 e. The lowest BCUT2D eigenvalue weighted by Gasteiger charge is -2.61. The van der Waals surface area contributed by atoms with E-state index in [1.54, 1.807) is 7.11 Å².